The third-order valence-corrected chi connectivity index (χ3v) is 2.97. The van der Waals surface area contributed by atoms with Gasteiger partial charge < -0.3 is 20.5 Å². The Labute approximate surface area is 107 Å². The molecule has 0 spiro atoms. The summed E-state index contributed by atoms with van der Waals surface area (Å²) < 4.78 is 9.94. The molecule has 7 nitrogen and oxygen atoms in total. The molecule has 0 radical (unpaired) electrons. The van der Waals surface area contributed by atoms with Crippen molar-refractivity contribution in [3.8, 4) is 12.0 Å². The number of anilines is 1. The predicted molar refractivity (Wildman–Crippen MR) is 68.9 cm³/mol. The molecule has 0 aliphatic rings. The van der Waals surface area contributed by atoms with Gasteiger partial charge in [-0.2, -0.15) is 9.97 Å². The van der Waals surface area contributed by atoms with E-state index in [1.54, 1.807) is 0 Å². The maximum Gasteiger partial charge on any atom is 0.324 e. The van der Waals surface area contributed by atoms with Gasteiger partial charge in [-0.05, 0) is 12.8 Å². The van der Waals surface area contributed by atoms with Crippen LogP contribution in [0.5, 0.6) is 12.0 Å². The predicted octanol–water partition coefficient (Wildman–Crippen LogP) is 0.818. The molecule has 0 aliphatic heterocycles. The zero-order chi connectivity index (χ0) is 13.6. The lowest BCUT2D eigenvalue weighted by Crippen LogP contribution is -2.45. The van der Waals surface area contributed by atoms with Crippen LogP contribution in [0.4, 0.5) is 5.95 Å². The second kappa shape index (κ2) is 6.34. The summed E-state index contributed by atoms with van der Waals surface area (Å²) in [5.41, 5.74) is 5.92. The van der Waals surface area contributed by atoms with Crippen molar-refractivity contribution < 1.29 is 9.47 Å². The molecule has 0 atom stereocenters. The Morgan fingerprint density at radius 3 is 1.94 bits per heavy atom. The molecule has 1 rings (SSSR count). The Morgan fingerprint density at radius 2 is 1.56 bits per heavy atom. The van der Waals surface area contributed by atoms with Crippen LogP contribution in [0.3, 0.4) is 0 Å². The van der Waals surface area contributed by atoms with Gasteiger partial charge in [0.25, 0.3) is 0 Å². The van der Waals surface area contributed by atoms with E-state index >= 15 is 0 Å². The lowest BCUT2D eigenvalue weighted by Gasteiger charge is -2.26. The number of methoxy groups -OCH3 is 2. The minimum atomic E-state index is -0.271. The fourth-order valence-corrected chi connectivity index (χ4v) is 1.35. The van der Waals surface area contributed by atoms with E-state index < -0.39 is 0 Å². The van der Waals surface area contributed by atoms with Crippen LogP contribution >= 0.6 is 0 Å². The number of aromatic nitrogens is 3. The number of ether oxygens (including phenoxy) is 2. The van der Waals surface area contributed by atoms with E-state index in [0.29, 0.717) is 12.5 Å². The molecule has 0 aromatic carbocycles. The van der Waals surface area contributed by atoms with Crippen molar-refractivity contribution in [3.63, 3.8) is 0 Å². The smallest absolute Gasteiger partial charge is 0.324 e. The lowest BCUT2D eigenvalue weighted by molar-refractivity contribution is 0.340. The van der Waals surface area contributed by atoms with Gasteiger partial charge in [0.15, 0.2) is 0 Å². The van der Waals surface area contributed by atoms with Crippen LogP contribution in [0, 0.1) is 0 Å². The average molecular weight is 255 g/mol. The topological polar surface area (TPSA) is 95.2 Å². The number of rotatable bonds is 7. The van der Waals surface area contributed by atoms with Crippen molar-refractivity contribution in [3.05, 3.63) is 0 Å². The Kier molecular flexibility index (Phi) is 5.08. The van der Waals surface area contributed by atoms with Gasteiger partial charge in [-0.1, -0.05) is 13.8 Å². The molecular formula is C11H21N5O2. The highest BCUT2D eigenvalue weighted by Gasteiger charge is 2.20. The summed E-state index contributed by atoms with van der Waals surface area (Å²) in [7, 11) is 2.98. The van der Waals surface area contributed by atoms with Crippen LogP contribution in [-0.4, -0.2) is 41.3 Å². The van der Waals surface area contributed by atoms with Gasteiger partial charge in [0.05, 0.1) is 14.2 Å². The van der Waals surface area contributed by atoms with Crippen molar-refractivity contribution in [2.45, 2.75) is 32.2 Å². The molecule has 0 bridgehead atoms. The van der Waals surface area contributed by atoms with E-state index in [0.717, 1.165) is 12.8 Å². The van der Waals surface area contributed by atoms with E-state index in [4.69, 9.17) is 15.2 Å². The first kappa shape index (κ1) is 14.4. The third-order valence-electron chi connectivity index (χ3n) is 2.97. The molecule has 18 heavy (non-hydrogen) atoms. The van der Waals surface area contributed by atoms with Crippen molar-refractivity contribution in [2.75, 3.05) is 26.1 Å². The van der Waals surface area contributed by atoms with Gasteiger partial charge in [-0.15, -0.1) is 4.98 Å². The summed E-state index contributed by atoms with van der Waals surface area (Å²) in [5.74, 6) is 0.399. The van der Waals surface area contributed by atoms with E-state index in [9.17, 15) is 0 Å². The first-order chi connectivity index (χ1) is 8.56. The van der Waals surface area contributed by atoms with Crippen molar-refractivity contribution >= 4 is 5.95 Å². The molecule has 0 amide bonds. The highest BCUT2D eigenvalue weighted by atomic mass is 16.5. The van der Waals surface area contributed by atoms with Crippen LogP contribution in [0.1, 0.15) is 26.7 Å². The number of nitrogens with two attached hydrogens (primary N) is 1. The maximum atomic E-state index is 6.19. The fraction of sp³-hybridized carbons (Fsp3) is 0.727. The molecular weight excluding hydrogens is 234 g/mol. The number of nitrogens with zero attached hydrogens (tertiary/aromatic N) is 3. The molecule has 1 heterocycles. The zero-order valence-electron chi connectivity index (χ0n) is 11.4. The molecule has 0 unspecified atom stereocenters. The number of hydrogen-bond acceptors (Lipinski definition) is 7. The molecule has 0 fully saturated rings. The molecule has 0 saturated heterocycles. The minimum absolute atomic E-state index is 0.208. The first-order valence-corrected chi connectivity index (χ1v) is 5.93. The van der Waals surface area contributed by atoms with Crippen molar-refractivity contribution in [1.82, 2.24) is 15.0 Å². The van der Waals surface area contributed by atoms with Crippen LogP contribution in [0.15, 0.2) is 0 Å². The van der Waals surface area contributed by atoms with Crippen LogP contribution < -0.4 is 20.5 Å². The van der Waals surface area contributed by atoms with E-state index in [1.807, 2.05) is 0 Å². The summed E-state index contributed by atoms with van der Waals surface area (Å²) in [6.45, 7) is 4.69. The molecule has 0 saturated carbocycles. The van der Waals surface area contributed by atoms with Gasteiger partial charge in [-0.3, -0.25) is 0 Å². The second-order valence-corrected chi connectivity index (χ2v) is 4.06. The average Bonchev–Trinajstić information content (AvgIpc) is 2.44. The summed E-state index contributed by atoms with van der Waals surface area (Å²) in [5, 5.41) is 3.09. The van der Waals surface area contributed by atoms with Gasteiger partial charge in [0.1, 0.15) is 0 Å². The fourth-order valence-electron chi connectivity index (χ4n) is 1.35. The SMILES string of the molecule is CCC(N)(CC)CNc1nc(OC)nc(OC)n1. The van der Waals surface area contributed by atoms with Gasteiger partial charge in [-0.25, -0.2) is 0 Å². The maximum absolute atomic E-state index is 6.19. The quantitative estimate of drug-likeness (QED) is 0.744. The standard InChI is InChI=1S/C11H21N5O2/c1-5-11(12,6-2)7-13-8-14-9(17-3)16-10(15-8)18-4/h5-7,12H2,1-4H3,(H,13,14,15,16). The Bertz CT molecular complexity index is 359. The molecule has 1 aromatic heterocycles. The molecule has 1 aromatic rings. The highest BCUT2D eigenvalue weighted by Crippen LogP contribution is 2.15. The van der Waals surface area contributed by atoms with Gasteiger partial charge in [0.2, 0.25) is 5.95 Å². The number of hydrogen-bond donors (Lipinski definition) is 2. The molecule has 0 aliphatic carbocycles. The molecule has 7 heteroatoms. The van der Waals surface area contributed by atoms with Crippen LogP contribution in [-0.2, 0) is 0 Å². The van der Waals surface area contributed by atoms with Gasteiger partial charge >= 0.3 is 12.0 Å². The number of nitrogens with one attached hydrogen (secondary N) is 1. The third kappa shape index (κ3) is 3.69. The normalized spacial score (nSPS) is 11.2. The zero-order valence-corrected chi connectivity index (χ0v) is 11.4. The van der Waals surface area contributed by atoms with Crippen molar-refractivity contribution in [1.29, 1.82) is 0 Å². The highest BCUT2D eigenvalue weighted by molar-refractivity contribution is 5.28. The second-order valence-electron chi connectivity index (χ2n) is 4.06. The van der Waals surface area contributed by atoms with Gasteiger partial charge in [0, 0.05) is 12.1 Å². The lowest BCUT2D eigenvalue weighted by atomic mass is 9.94. The molecule has 102 valence electrons. The Morgan fingerprint density at radius 1 is 1.06 bits per heavy atom. The Balaban J connectivity index is 2.78. The molecule has 3 N–H and O–H groups in total. The Hall–Kier alpha value is -1.63. The van der Waals surface area contributed by atoms with Crippen LogP contribution in [0.2, 0.25) is 0 Å². The van der Waals surface area contributed by atoms with Crippen LogP contribution in [0.25, 0.3) is 0 Å². The summed E-state index contributed by atoms with van der Waals surface area (Å²) >= 11 is 0. The van der Waals surface area contributed by atoms with Crippen molar-refractivity contribution in [2.24, 2.45) is 5.73 Å². The first-order valence-electron chi connectivity index (χ1n) is 5.93. The summed E-state index contributed by atoms with van der Waals surface area (Å²) in [6.07, 6.45) is 1.74. The van der Waals surface area contributed by atoms with E-state index in [-0.39, 0.29) is 17.6 Å². The largest absolute Gasteiger partial charge is 0.467 e. The minimum Gasteiger partial charge on any atom is -0.467 e. The summed E-state index contributed by atoms with van der Waals surface area (Å²) in [6, 6.07) is 0.417. The monoisotopic (exact) mass is 255 g/mol. The summed E-state index contributed by atoms with van der Waals surface area (Å²) in [4.78, 5) is 12.1. The van der Waals surface area contributed by atoms with E-state index in [1.165, 1.54) is 14.2 Å². The van der Waals surface area contributed by atoms with E-state index in [2.05, 4.69) is 34.1 Å².